The monoisotopic (exact) mass is 426 g/mol. The molecule has 0 fully saturated rings. The van der Waals surface area contributed by atoms with E-state index in [1.165, 1.54) is 6.21 Å². The Labute approximate surface area is 163 Å². The molecule has 0 radical (unpaired) electrons. The fourth-order valence-corrected chi connectivity index (χ4v) is 2.58. The largest absolute Gasteiger partial charge is 0.422 e. The van der Waals surface area contributed by atoms with Crippen molar-refractivity contribution in [1.82, 2.24) is 15.6 Å². The van der Waals surface area contributed by atoms with Crippen LogP contribution in [-0.2, 0) is 0 Å². The Morgan fingerprint density at radius 1 is 1.19 bits per heavy atom. The lowest BCUT2D eigenvalue weighted by Crippen LogP contribution is -2.18. The maximum absolute atomic E-state index is 12.3. The number of carbonyl (C=O) groups is 2. The molecule has 0 bridgehead atoms. The third-order valence-electron chi connectivity index (χ3n) is 3.49. The van der Waals surface area contributed by atoms with Crippen molar-refractivity contribution in [2.24, 2.45) is 5.10 Å². The van der Waals surface area contributed by atoms with Crippen molar-refractivity contribution < 1.29 is 14.3 Å². The summed E-state index contributed by atoms with van der Waals surface area (Å²) in [4.78, 5) is 24.2. The zero-order valence-electron chi connectivity index (χ0n) is 14.3. The van der Waals surface area contributed by atoms with Crippen molar-refractivity contribution in [1.29, 1.82) is 0 Å². The zero-order chi connectivity index (χ0) is 19.2. The van der Waals surface area contributed by atoms with Crippen molar-refractivity contribution in [2.45, 2.75) is 6.92 Å². The first-order chi connectivity index (χ1) is 13.0. The standard InChI is InChI=1S/C19H15BrN4O3/c1-12-9-16(23-22-12)18(25)24-21-11-14-10-15(20)7-8-17(14)27-19(26)13-5-3-2-4-6-13/h2-11H,1H3,(H,22,23)(H,24,25). The van der Waals surface area contributed by atoms with E-state index >= 15 is 0 Å². The number of esters is 1. The molecular formula is C19H15BrN4O3. The highest BCUT2D eigenvalue weighted by Crippen LogP contribution is 2.23. The van der Waals surface area contributed by atoms with Gasteiger partial charge in [-0.15, -0.1) is 0 Å². The lowest BCUT2D eigenvalue weighted by molar-refractivity contribution is 0.0734. The Morgan fingerprint density at radius 3 is 2.67 bits per heavy atom. The molecule has 3 aromatic rings. The number of nitrogens with one attached hydrogen (secondary N) is 2. The second-order valence-corrected chi connectivity index (χ2v) is 6.49. The fourth-order valence-electron chi connectivity index (χ4n) is 2.20. The maximum Gasteiger partial charge on any atom is 0.343 e. The number of nitrogens with zero attached hydrogens (tertiary/aromatic N) is 2. The molecule has 3 rings (SSSR count). The molecule has 2 aromatic carbocycles. The van der Waals surface area contributed by atoms with Crippen LogP contribution in [0.2, 0.25) is 0 Å². The van der Waals surface area contributed by atoms with Crippen LogP contribution in [0.15, 0.2) is 64.2 Å². The third-order valence-corrected chi connectivity index (χ3v) is 3.99. The summed E-state index contributed by atoms with van der Waals surface area (Å²) >= 11 is 3.36. The topological polar surface area (TPSA) is 96.4 Å². The van der Waals surface area contributed by atoms with Gasteiger partial charge in [0.05, 0.1) is 11.8 Å². The van der Waals surface area contributed by atoms with E-state index in [9.17, 15) is 9.59 Å². The summed E-state index contributed by atoms with van der Waals surface area (Å²) in [5, 5.41) is 10.5. The SMILES string of the molecule is Cc1cc(C(=O)NN=Cc2cc(Br)ccc2OC(=O)c2ccccc2)n[nH]1. The van der Waals surface area contributed by atoms with Crippen molar-refractivity contribution in [2.75, 3.05) is 0 Å². The van der Waals surface area contributed by atoms with Crippen molar-refractivity contribution >= 4 is 34.0 Å². The summed E-state index contributed by atoms with van der Waals surface area (Å²) in [6, 6.07) is 15.4. The van der Waals surface area contributed by atoms with E-state index in [1.54, 1.807) is 55.5 Å². The number of hydrazone groups is 1. The molecule has 2 N–H and O–H groups in total. The van der Waals surface area contributed by atoms with E-state index in [-0.39, 0.29) is 5.69 Å². The maximum atomic E-state index is 12.3. The second kappa shape index (κ2) is 8.41. The number of benzene rings is 2. The molecular weight excluding hydrogens is 412 g/mol. The molecule has 0 unspecified atom stereocenters. The number of aromatic nitrogens is 2. The van der Waals surface area contributed by atoms with E-state index < -0.39 is 11.9 Å². The predicted octanol–water partition coefficient (Wildman–Crippen LogP) is 3.46. The lowest BCUT2D eigenvalue weighted by Gasteiger charge is -2.08. The molecule has 0 atom stereocenters. The van der Waals surface area contributed by atoms with E-state index in [4.69, 9.17) is 4.74 Å². The Hall–Kier alpha value is -3.26. The molecule has 136 valence electrons. The number of aromatic amines is 1. The van der Waals surface area contributed by atoms with Gasteiger partial charge in [0.15, 0.2) is 5.69 Å². The number of amides is 1. The van der Waals surface area contributed by atoms with Gasteiger partial charge in [0.1, 0.15) is 5.75 Å². The van der Waals surface area contributed by atoms with Gasteiger partial charge in [-0.05, 0) is 43.3 Å². The Kier molecular flexibility index (Phi) is 5.77. The van der Waals surface area contributed by atoms with Crippen LogP contribution in [0.4, 0.5) is 0 Å². The summed E-state index contributed by atoms with van der Waals surface area (Å²) in [6.45, 7) is 1.79. The van der Waals surface area contributed by atoms with Gasteiger partial charge in [-0.2, -0.15) is 10.2 Å². The first kappa shape index (κ1) is 18.5. The molecule has 1 aromatic heterocycles. The van der Waals surface area contributed by atoms with Gasteiger partial charge in [-0.25, -0.2) is 10.2 Å². The van der Waals surface area contributed by atoms with Gasteiger partial charge in [0.25, 0.3) is 5.91 Å². The number of aryl methyl sites for hydroxylation is 1. The number of hydrogen-bond acceptors (Lipinski definition) is 5. The lowest BCUT2D eigenvalue weighted by atomic mass is 10.2. The molecule has 0 aliphatic heterocycles. The molecule has 0 saturated heterocycles. The average molecular weight is 427 g/mol. The fraction of sp³-hybridized carbons (Fsp3) is 0.0526. The highest BCUT2D eigenvalue weighted by molar-refractivity contribution is 9.10. The van der Waals surface area contributed by atoms with Crippen molar-refractivity contribution in [3.8, 4) is 5.75 Å². The van der Waals surface area contributed by atoms with E-state index in [0.29, 0.717) is 16.9 Å². The average Bonchev–Trinajstić information content (AvgIpc) is 3.11. The summed E-state index contributed by atoms with van der Waals surface area (Å²) in [7, 11) is 0. The molecule has 7 nitrogen and oxygen atoms in total. The van der Waals surface area contributed by atoms with Crippen LogP contribution < -0.4 is 10.2 Å². The predicted molar refractivity (Wildman–Crippen MR) is 104 cm³/mol. The van der Waals surface area contributed by atoms with Crippen molar-refractivity contribution in [3.63, 3.8) is 0 Å². The van der Waals surface area contributed by atoms with Gasteiger partial charge in [0.2, 0.25) is 0 Å². The van der Waals surface area contributed by atoms with Gasteiger partial charge in [0, 0.05) is 15.7 Å². The summed E-state index contributed by atoms with van der Waals surface area (Å²) < 4.78 is 6.23. The van der Waals surface area contributed by atoms with Crippen LogP contribution in [0.25, 0.3) is 0 Å². The second-order valence-electron chi connectivity index (χ2n) is 5.57. The van der Waals surface area contributed by atoms with Gasteiger partial charge in [-0.3, -0.25) is 9.89 Å². The summed E-state index contributed by atoms with van der Waals surface area (Å²) in [6.07, 6.45) is 1.40. The molecule has 0 saturated carbocycles. The molecule has 1 heterocycles. The highest BCUT2D eigenvalue weighted by atomic mass is 79.9. The minimum Gasteiger partial charge on any atom is -0.422 e. The molecule has 1 amide bonds. The Morgan fingerprint density at radius 2 is 1.96 bits per heavy atom. The minimum atomic E-state index is -0.483. The van der Waals surface area contributed by atoms with Crippen LogP contribution in [0.3, 0.4) is 0 Å². The Balaban J connectivity index is 1.74. The molecule has 27 heavy (non-hydrogen) atoms. The van der Waals surface area contributed by atoms with E-state index in [0.717, 1.165) is 10.2 Å². The quantitative estimate of drug-likeness (QED) is 0.282. The van der Waals surface area contributed by atoms with Crippen LogP contribution in [0.1, 0.15) is 32.1 Å². The van der Waals surface area contributed by atoms with E-state index in [2.05, 4.69) is 36.7 Å². The van der Waals surface area contributed by atoms with Crippen LogP contribution in [0, 0.1) is 6.92 Å². The molecule has 0 aliphatic rings. The molecule has 8 heteroatoms. The minimum absolute atomic E-state index is 0.231. The number of rotatable bonds is 5. The first-order valence-electron chi connectivity index (χ1n) is 7.95. The third kappa shape index (κ3) is 4.89. The van der Waals surface area contributed by atoms with Crippen LogP contribution in [-0.4, -0.2) is 28.3 Å². The zero-order valence-corrected chi connectivity index (χ0v) is 15.9. The molecule has 0 spiro atoms. The smallest absolute Gasteiger partial charge is 0.343 e. The normalized spacial score (nSPS) is 10.7. The van der Waals surface area contributed by atoms with Crippen molar-refractivity contribution in [3.05, 3.63) is 81.6 Å². The van der Waals surface area contributed by atoms with Gasteiger partial charge in [-0.1, -0.05) is 34.1 Å². The van der Waals surface area contributed by atoms with Gasteiger partial charge >= 0.3 is 5.97 Å². The number of halogens is 1. The molecule has 0 aliphatic carbocycles. The number of carbonyl (C=O) groups excluding carboxylic acids is 2. The van der Waals surface area contributed by atoms with E-state index in [1.807, 2.05) is 6.07 Å². The first-order valence-corrected chi connectivity index (χ1v) is 8.74. The summed E-state index contributed by atoms with van der Waals surface area (Å²) in [5.74, 6) is -0.613. The number of ether oxygens (including phenoxy) is 1. The van der Waals surface area contributed by atoms with Crippen LogP contribution in [0.5, 0.6) is 5.75 Å². The number of H-pyrrole nitrogens is 1. The van der Waals surface area contributed by atoms with Crippen LogP contribution >= 0.6 is 15.9 Å². The van der Waals surface area contributed by atoms with Gasteiger partial charge < -0.3 is 4.74 Å². The highest BCUT2D eigenvalue weighted by Gasteiger charge is 2.12. The summed E-state index contributed by atoms with van der Waals surface area (Å²) in [5.41, 5.74) is 4.34. The Bertz CT molecular complexity index is 999. The number of hydrogen-bond donors (Lipinski definition) is 2.